The fourth-order valence-corrected chi connectivity index (χ4v) is 0.956. The number of hydrogen-bond acceptors (Lipinski definition) is 1. The lowest BCUT2D eigenvalue weighted by atomic mass is 10.3. The van der Waals surface area contributed by atoms with Crippen molar-refractivity contribution >= 4 is 0 Å². The van der Waals surface area contributed by atoms with Crippen molar-refractivity contribution in [2.45, 2.75) is 38.5 Å². The zero-order valence-corrected chi connectivity index (χ0v) is 6.26. The lowest BCUT2D eigenvalue weighted by Gasteiger charge is -2.19. The lowest BCUT2D eigenvalue weighted by Crippen LogP contribution is -2.29. The molecule has 1 aliphatic rings. The molecule has 0 aromatic carbocycles. The number of nitrogens with zero attached hydrogens (tertiary/aromatic N) is 1. The predicted octanol–water partition coefficient (Wildman–Crippen LogP) is 1.44. The van der Waals surface area contributed by atoms with Crippen LogP contribution in [0.25, 0.3) is 0 Å². The Morgan fingerprint density at radius 3 is 2.11 bits per heavy atom. The van der Waals surface area contributed by atoms with Crippen molar-refractivity contribution in [1.82, 2.24) is 4.90 Å². The molecule has 0 saturated heterocycles. The van der Waals surface area contributed by atoms with E-state index in [4.69, 9.17) is 0 Å². The van der Waals surface area contributed by atoms with Crippen LogP contribution in [0, 0.1) is 0 Å². The van der Waals surface area contributed by atoms with Crippen molar-refractivity contribution in [1.29, 1.82) is 0 Å². The van der Waals surface area contributed by atoms with Crippen LogP contribution in [0.5, 0.6) is 0 Å². The molecule has 1 saturated carbocycles. The topological polar surface area (TPSA) is 3.24 Å². The third-order valence-electron chi connectivity index (χ3n) is 2.02. The van der Waals surface area contributed by atoms with Gasteiger partial charge in [-0.05, 0) is 27.3 Å². The van der Waals surface area contributed by atoms with Gasteiger partial charge in [-0.2, -0.15) is 0 Å². The van der Waals surface area contributed by atoms with Gasteiger partial charge < -0.3 is 0 Å². The van der Waals surface area contributed by atoms with Crippen LogP contribution in [-0.4, -0.2) is 30.2 Å². The van der Waals surface area contributed by atoms with Gasteiger partial charge in [0.1, 0.15) is 6.17 Å². The first-order valence-electron chi connectivity index (χ1n) is 3.49. The molecule has 0 amide bonds. The normalized spacial score (nSPS) is 34.0. The average Bonchev–Trinajstić information content (AvgIpc) is 2.44. The minimum Gasteiger partial charge on any atom is -0.298 e. The molecule has 9 heavy (non-hydrogen) atoms. The molecule has 0 bridgehead atoms. The summed E-state index contributed by atoms with van der Waals surface area (Å²) in [5, 5.41) is 0. The van der Waals surface area contributed by atoms with E-state index in [1.165, 1.54) is 0 Å². The van der Waals surface area contributed by atoms with Gasteiger partial charge in [0, 0.05) is 12.1 Å². The number of rotatable bonds is 2. The molecule has 1 aliphatic carbocycles. The van der Waals surface area contributed by atoms with Crippen molar-refractivity contribution in [2.75, 3.05) is 7.05 Å². The molecule has 1 nitrogen and oxygen atoms in total. The van der Waals surface area contributed by atoms with E-state index in [9.17, 15) is 4.39 Å². The van der Waals surface area contributed by atoms with Gasteiger partial charge in [0.05, 0.1) is 0 Å². The molecule has 1 rings (SSSR count). The second-order valence-electron chi connectivity index (χ2n) is 3.08. The SMILES string of the molecule is CC(C)N(C)C1CC1F. The maximum atomic E-state index is 12.3. The van der Waals surface area contributed by atoms with E-state index < -0.39 is 6.17 Å². The molecule has 1 fully saturated rings. The van der Waals surface area contributed by atoms with E-state index in [0.29, 0.717) is 6.04 Å². The molecule has 0 aliphatic heterocycles. The second-order valence-corrected chi connectivity index (χ2v) is 3.08. The van der Waals surface area contributed by atoms with Crippen LogP contribution in [0.3, 0.4) is 0 Å². The molecule has 2 unspecified atom stereocenters. The average molecular weight is 131 g/mol. The third kappa shape index (κ3) is 1.42. The standard InChI is InChI=1S/C7H14FN/c1-5(2)9(3)7-4-6(7)8/h5-7H,4H2,1-3H3. The smallest absolute Gasteiger partial charge is 0.117 e. The molecule has 54 valence electrons. The Balaban J connectivity index is 2.27. The molecule has 0 aromatic heterocycles. The first-order valence-corrected chi connectivity index (χ1v) is 3.49. The van der Waals surface area contributed by atoms with Crippen molar-refractivity contribution in [3.05, 3.63) is 0 Å². The Kier molecular flexibility index (Phi) is 1.75. The number of halogens is 1. The van der Waals surface area contributed by atoms with E-state index >= 15 is 0 Å². The largest absolute Gasteiger partial charge is 0.298 e. The molecule has 0 N–H and O–H groups in total. The van der Waals surface area contributed by atoms with Gasteiger partial charge in [-0.3, -0.25) is 4.90 Å². The highest BCUT2D eigenvalue weighted by Crippen LogP contribution is 2.31. The first-order chi connectivity index (χ1) is 4.13. The number of alkyl halides is 1. The first kappa shape index (κ1) is 7.00. The molecule has 0 heterocycles. The highest BCUT2D eigenvalue weighted by atomic mass is 19.1. The fraction of sp³-hybridized carbons (Fsp3) is 1.00. The van der Waals surface area contributed by atoms with Crippen LogP contribution in [-0.2, 0) is 0 Å². The van der Waals surface area contributed by atoms with E-state index in [1.807, 2.05) is 7.05 Å². The highest BCUT2D eigenvalue weighted by Gasteiger charge is 2.41. The van der Waals surface area contributed by atoms with Gasteiger partial charge in [0.2, 0.25) is 0 Å². The van der Waals surface area contributed by atoms with Gasteiger partial charge in [-0.25, -0.2) is 4.39 Å². The molecular weight excluding hydrogens is 117 g/mol. The van der Waals surface area contributed by atoms with Crippen molar-refractivity contribution in [2.24, 2.45) is 0 Å². The third-order valence-corrected chi connectivity index (χ3v) is 2.02. The molecular formula is C7H14FN. The summed E-state index contributed by atoms with van der Waals surface area (Å²) in [5.74, 6) is 0. The summed E-state index contributed by atoms with van der Waals surface area (Å²) in [5.41, 5.74) is 0. The Morgan fingerprint density at radius 1 is 1.56 bits per heavy atom. The van der Waals surface area contributed by atoms with Gasteiger partial charge in [0.25, 0.3) is 0 Å². The van der Waals surface area contributed by atoms with Crippen LogP contribution in [0.15, 0.2) is 0 Å². The van der Waals surface area contributed by atoms with E-state index in [-0.39, 0.29) is 6.04 Å². The summed E-state index contributed by atoms with van der Waals surface area (Å²) in [4.78, 5) is 2.09. The quantitative estimate of drug-likeness (QED) is 0.548. The lowest BCUT2D eigenvalue weighted by molar-refractivity contribution is 0.237. The molecule has 0 aromatic rings. The summed E-state index contributed by atoms with van der Waals surface area (Å²) in [7, 11) is 1.98. The maximum absolute atomic E-state index is 12.3. The van der Waals surface area contributed by atoms with Gasteiger partial charge in [-0.1, -0.05) is 0 Å². The molecule has 0 radical (unpaired) electrons. The van der Waals surface area contributed by atoms with E-state index in [1.54, 1.807) is 0 Å². The van der Waals surface area contributed by atoms with Gasteiger partial charge >= 0.3 is 0 Å². The summed E-state index contributed by atoms with van der Waals surface area (Å²) in [6.07, 6.45) is 0.201. The minimum absolute atomic E-state index is 0.227. The van der Waals surface area contributed by atoms with Crippen LogP contribution in [0.4, 0.5) is 4.39 Å². The molecule has 0 spiro atoms. The monoisotopic (exact) mass is 131 g/mol. The number of hydrogen-bond donors (Lipinski definition) is 0. The van der Waals surface area contributed by atoms with Crippen LogP contribution < -0.4 is 0 Å². The van der Waals surface area contributed by atoms with Crippen LogP contribution in [0.1, 0.15) is 20.3 Å². The highest BCUT2D eigenvalue weighted by molar-refractivity contribution is 4.95. The van der Waals surface area contributed by atoms with Gasteiger partial charge in [-0.15, -0.1) is 0 Å². The Morgan fingerprint density at radius 2 is 2.00 bits per heavy atom. The zero-order valence-electron chi connectivity index (χ0n) is 6.26. The van der Waals surface area contributed by atoms with E-state index in [2.05, 4.69) is 18.7 Å². The molecule has 2 atom stereocenters. The fourth-order valence-electron chi connectivity index (χ4n) is 0.956. The maximum Gasteiger partial charge on any atom is 0.117 e. The van der Waals surface area contributed by atoms with E-state index in [0.717, 1.165) is 6.42 Å². The van der Waals surface area contributed by atoms with Crippen molar-refractivity contribution < 1.29 is 4.39 Å². The minimum atomic E-state index is -0.544. The van der Waals surface area contributed by atoms with Crippen LogP contribution >= 0.6 is 0 Å². The Bertz CT molecular complexity index is 103. The molecule has 2 heteroatoms. The van der Waals surface area contributed by atoms with Crippen molar-refractivity contribution in [3.8, 4) is 0 Å². The van der Waals surface area contributed by atoms with Crippen LogP contribution in [0.2, 0.25) is 0 Å². The Labute approximate surface area is 55.8 Å². The zero-order chi connectivity index (χ0) is 7.02. The second kappa shape index (κ2) is 2.25. The summed E-state index contributed by atoms with van der Waals surface area (Å²) < 4.78 is 12.3. The Hall–Kier alpha value is -0.110. The summed E-state index contributed by atoms with van der Waals surface area (Å²) in [6.45, 7) is 4.18. The summed E-state index contributed by atoms with van der Waals surface area (Å²) in [6, 6.07) is 0.709. The predicted molar refractivity (Wildman–Crippen MR) is 36.2 cm³/mol. The van der Waals surface area contributed by atoms with Crippen molar-refractivity contribution in [3.63, 3.8) is 0 Å². The van der Waals surface area contributed by atoms with Gasteiger partial charge in [0.15, 0.2) is 0 Å². The summed E-state index contributed by atoms with van der Waals surface area (Å²) >= 11 is 0.